The summed E-state index contributed by atoms with van der Waals surface area (Å²) in [5.41, 5.74) is 11.2. The highest BCUT2D eigenvalue weighted by atomic mass is 32.1. The lowest BCUT2D eigenvalue weighted by molar-refractivity contribution is 0.652. The summed E-state index contributed by atoms with van der Waals surface area (Å²) in [4.78, 5) is 15.0. The summed E-state index contributed by atoms with van der Waals surface area (Å²) in [7, 11) is 0. The Kier molecular flexibility index (Phi) is 5.00. The third-order valence-electron chi connectivity index (χ3n) is 10.2. The smallest absolute Gasteiger partial charge is 0.180 e. The molecule has 10 aromatic rings. The lowest BCUT2D eigenvalue weighted by atomic mass is 9.82. The summed E-state index contributed by atoms with van der Waals surface area (Å²) in [6.07, 6.45) is 3.61. The summed E-state index contributed by atoms with van der Waals surface area (Å²) in [5, 5.41) is 5.38. The van der Waals surface area contributed by atoms with E-state index < -0.39 is 0 Å². The maximum atomic E-state index is 6.98. The van der Waals surface area contributed by atoms with E-state index in [-0.39, 0.29) is 5.41 Å². The van der Waals surface area contributed by atoms with Crippen LogP contribution in [0, 0.1) is 0 Å². The molecule has 0 aliphatic heterocycles. The highest BCUT2D eigenvalue weighted by molar-refractivity contribution is 7.25. The quantitative estimate of drug-likeness (QED) is 0.189. The van der Waals surface area contributed by atoms with Gasteiger partial charge in [0.1, 0.15) is 28.0 Å². The Labute approximate surface area is 278 Å². The number of rotatable bonds is 2. The molecule has 0 bridgehead atoms. The third kappa shape index (κ3) is 3.37. The second-order valence-corrected chi connectivity index (χ2v) is 14.3. The topological polar surface area (TPSA) is 65.0 Å². The number of furan rings is 2. The first-order chi connectivity index (χ1) is 23.5. The van der Waals surface area contributed by atoms with Crippen molar-refractivity contribution in [2.75, 3.05) is 0 Å². The van der Waals surface area contributed by atoms with E-state index in [1.54, 1.807) is 6.20 Å². The van der Waals surface area contributed by atoms with Crippen LogP contribution < -0.4 is 0 Å². The van der Waals surface area contributed by atoms with Crippen LogP contribution in [-0.4, -0.2) is 15.0 Å². The molecule has 5 nitrogen and oxygen atoms in total. The molecule has 226 valence electrons. The van der Waals surface area contributed by atoms with E-state index in [0.717, 1.165) is 60.8 Å². The lowest BCUT2D eigenvalue weighted by Gasteiger charge is -2.21. The zero-order valence-corrected chi connectivity index (χ0v) is 26.9. The Bertz CT molecular complexity index is 3000. The van der Waals surface area contributed by atoms with Crippen LogP contribution in [0.2, 0.25) is 0 Å². The largest absolute Gasteiger partial charge is 0.455 e. The van der Waals surface area contributed by atoms with Gasteiger partial charge < -0.3 is 8.83 Å². The van der Waals surface area contributed by atoms with Gasteiger partial charge in [-0.2, -0.15) is 0 Å². The Morgan fingerprint density at radius 3 is 2.40 bits per heavy atom. The molecule has 11 rings (SSSR count). The molecule has 5 aromatic carbocycles. The number of hydrogen-bond acceptors (Lipinski definition) is 6. The van der Waals surface area contributed by atoms with Gasteiger partial charge in [-0.3, -0.25) is 4.98 Å². The van der Waals surface area contributed by atoms with Gasteiger partial charge in [0.25, 0.3) is 0 Å². The van der Waals surface area contributed by atoms with Gasteiger partial charge in [-0.05, 0) is 53.1 Å². The van der Waals surface area contributed by atoms with Gasteiger partial charge in [-0.25, -0.2) is 9.97 Å². The number of pyridine rings is 1. The average molecular weight is 636 g/mol. The van der Waals surface area contributed by atoms with Crippen molar-refractivity contribution in [1.82, 2.24) is 15.0 Å². The monoisotopic (exact) mass is 635 g/mol. The van der Waals surface area contributed by atoms with E-state index in [1.165, 1.54) is 36.9 Å². The van der Waals surface area contributed by atoms with Crippen LogP contribution in [0.3, 0.4) is 0 Å². The second-order valence-electron chi connectivity index (χ2n) is 13.2. The fraction of sp³-hybridized carbons (Fsp3) is 0.0714. The molecule has 6 heteroatoms. The fourth-order valence-electron chi connectivity index (χ4n) is 7.89. The number of nitrogens with zero attached hydrogens (tertiary/aromatic N) is 3. The molecule has 0 spiro atoms. The minimum absolute atomic E-state index is 0.143. The fourth-order valence-corrected chi connectivity index (χ4v) is 8.98. The number of fused-ring (bicyclic) bond motifs is 13. The molecule has 0 atom stereocenters. The average Bonchev–Trinajstić information content (AvgIpc) is 3.86. The van der Waals surface area contributed by atoms with Gasteiger partial charge in [0.15, 0.2) is 11.4 Å². The van der Waals surface area contributed by atoms with Crippen molar-refractivity contribution >= 4 is 75.5 Å². The van der Waals surface area contributed by atoms with Crippen LogP contribution >= 0.6 is 11.3 Å². The predicted octanol–water partition coefficient (Wildman–Crippen LogP) is 11.7. The SMILES string of the molecule is CC1(C)c2ccccc2-c2c1ccc1c2oc2c(-c3ccc4sc5ccccc5c4c3)nc(-c3cccc4c3oc3ccncc34)nc21. The van der Waals surface area contributed by atoms with Gasteiger partial charge in [-0.1, -0.05) is 80.6 Å². The summed E-state index contributed by atoms with van der Waals surface area (Å²) in [6, 6.07) is 36.3. The number of hydrogen-bond donors (Lipinski definition) is 0. The summed E-state index contributed by atoms with van der Waals surface area (Å²) < 4.78 is 15.9. The number of benzene rings is 5. The Morgan fingerprint density at radius 1 is 0.604 bits per heavy atom. The van der Waals surface area contributed by atoms with E-state index in [9.17, 15) is 0 Å². The molecular weight excluding hydrogens is 611 g/mol. The molecule has 0 amide bonds. The predicted molar refractivity (Wildman–Crippen MR) is 196 cm³/mol. The highest BCUT2D eigenvalue weighted by Crippen LogP contribution is 2.53. The third-order valence-corrected chi connectivity index (χ3v) is 11.4. The van der Waals surface area contributed by atoms with Crippen molar-refractivity contribution in [2.24, 2.45) is 0 Å². The maximum absolute atomic E-state index is 6.98. The molecule has 48 heavy (non-hydrogen) atoms. The molecule has 0 saturated carbocycles. The first-order valence-electron chi connectivity index (χ1n) is 16.1. The Hall–Kier alpha value is -5.85. The van der Waals surface area contributed by atoms with Gasteiger partial charge in [0.2, 0.25) is 0 Å². The van der Waals surface area contributed by atoms with Gasteiger partial charge in [0.05, 0.1) is 5.56 Å². The number of thiophene rings is 1. The molecule has 0 fully saturated rings. The molecule has 1 aliphatic carbocycles. The van der Waals surface area contributed by atoms with Crippen LogP contribution in [0.25, 0.3) is 98.0 Å². The zero-order chi connectivity index (χ0) is 31.7. The molecule has 5 aromatic heterocycles. The maximum Gasteiger partial charge on any atom is 0.180 e. The van der Waals surface area contributed by atoms with Crippen LogP contribution in [0.5, 0.6) is 0 Å². The van der Waals surface area contributed by atoms with Crippen molar-refractivity contribution in [3.8, 4) is 33.8 Å². The summed E-state index contributed by atoms with van der Waals surface area (Å²) >= 11 is 1.81. The van der Waals surface area contributed by atoms with Crippen molar-refractivity contribution < 1.29 is 8.83 Å². The minimum Gasteiger partial charge on any atom is -0.455 e. The summed E-state index contributed by atoms with van der Waals surface area (Å²) in [6.45, 7) is 4.58. The van der Waals surface area contributed by atoms with Crippen LogP contribution in [0.4, 0.5) is 0 Å². The van der Waals surface area contributed by atoms with Crippen molar-refractivity contribution in [2.45, 2.75) is 19.3 Å². The molecule has 0 radical (unpaired) electrons. The van der Waals surface area contributed by atoms with Crippen LogP contribution in [0.1, 0.15) is 25.0 Å². The van der Waals surface area contributed by atoms with Gasteiger partial charge in [-0.15, -0.1) is 11.3 Å². The first-order valence-corrected chi connectivity index (χ1v) is 16.9. The first kappa shape index (κ1) is 26.2. The van der Waals surface area contributed by atoms with E-state index in [4.69, 9.17) is 18.8 Å². The number of para-hydroxylation sites is 1. The summed E-state index contributed by atoms with van der Waals surface area (Å²) in [5.74, 6) is 0.592. The van der Waals surface area contributed by atoms with E-state index >= 15 is 0 Å². The van der Waals surface area contributed by atoms with E-state index in [0.29, 0.717) is 11.4 Å². The lowest BCUT2D eigenvalue weighted by Crippen LogP contribution is -2.14. The van der Waals surface area contributed by atoms with Crippen LogP contribution in [0.15, 0.2) is 124 Å². The zero-order valence-electron chi connectivity index (χ0n) is 26.0. The molecule has 0 unspecified atom stereocenters. The Balaban J connectivity index is 1.26. The Morgan fingerprint density at radius 2 is 1.44 bits per heavy atom. The van der Waals surface area contributed by atoms with E-state index in [2.05, 4.69) is 104 Å². The number of aromatic nitrogens is 3. The van der Waals surface area contributed by atoms with Gasteiger partial charge in [0, 0.05) is 65.3 Å². The van der Waals surface area contributed by atoms with Crippen molar-refractivity contribution in [3.63, 3.8) is 0 Å². The molecule has 0 saturated heterocycles. The second kappa shape index (κ2) is 9.15. The molecule has 1 aliphatic rings. The van der Waals surface area contributed by atoms with Crippen LogP contribution in [-0.2, 0) is 5.41 Å². The van der Waals surface area contributed by atoms with Crippen molar-refractivity contribution in [3.05, 3.63) is 127 Å². The highest BCUT2D eigenvalue weighted by Gasteiger charge is 2.38. The molecule has 5 heterocycles. The molecule has 0 N–H and O–H groups in total. The minimum atomic E-state index is -0.143. The normalized spacial score (nSPS) is 13.8. The van der Waals surface area contributed by atoms with Crippen molar-refractivity contribution in [1.29, 1.82) is 0 Å². The van der Waals surface area contributed by atoms with E-state index in [1.807, 2.05) is 35.7 Å². The standard InChI is InChI=1S/C42H25N3O2S/c1-42(2)30-12-5-3-9-25(30)35-31(42)16-15-26-37-40(47-39(26)35)36(22-14-17-34-28(20-22)23-8-4-6-13-33(23)48-34)44-41(45-37)27-11-7-10-24-29-21-43-19-18-32(29)46-38(24)27/h3-21H,1-2H3. The van der Waals surface area contributed by atoms with Gasteiger partial charge >= 0.3 is 0 Å². The molecular formula is C42H25N3O2S.